The molecule has 5 aliphatic rings. The molecule has 9 heteroatoms. The molecule has 2 amide bonds. The van der Waals surface area contributed by atoms with Crippen LogP contribution in [0.25, 0.3) is 5.70 Å². The summed E-state index contributed by atoms with van der Waals surface area (Å²) in [5.41, 5.74) is 2.08. The van der Waals surface area contributed by atoms with Gasteiger partial charge in [-0.15, -0.1) is 0 Å². The maximum Gasteiger partial charge on any atom is 0.251 e. The molecule has 0 spiro atoms. The summed E-state index contributed by atoms with van der Waals surface area (Å²) in [6.45, 7) is 8.56. The molecule has 0 radical (unpaired) electrons. The number of Topliss-reactive ketones (excluding diaryl/α,β-unsaturated/α-hetero) is 1. The van der Waals surface area contributed by atoms with Gasteiger partial charge in [-0.2, -0.15) is 0 Å². The summed E-state index contributed by atoms with van der Waals surface area (Å²) >= 11 is 1.63. The average molecular weight is 551 g/mol. The maximum absolute atomic E-state index is 14.3. The SMILES string of the molecule is CCC1(CC)CN(C(=O)[C@@H](NC(=O)c2ccc(C3=CSC4=NCCN34)cc2)C2(C)CCCC2)[C@@H]2C(=O)CO[C@H]21. The highest BCUT2D eigenvalue weighted by Crippen LogP contribution is 2.48. The Morgan fingerprint density at radius 1 is 1.18 bits per heavy atom. The summed E-state index contributed by atoms with van der Waals surface area (Å²) in [6, 6.07) is 6.35. The first-order chi connectivity index (χ1) is 18.8. The van der Waals surface area contributed by atoms with Gasteiger partial charge in [-0.05, 0) is 48.8 Å². The number of likely N-dealkylation sites (tertiary alicyclic amines) is 1. The third-order valence-electron chi connectivity index (χ3n) is 9.91. The van der Waals surface area contributed by atoms with Crippen molar-refractivity contribution in [3.05, 3.63) is 40.8 Å². The molecule has 1 N–H and O–H groups in total. The van der Waals surface area contributed by atoms with Gasteiger partial charge in [-0.3, -0.25) is 19.4 Å². The number of nitrogens with one attached hydrogen (secondary N) is 1. The molecule has 3 atom stereocenters. The van der Waals surface area contributed by atoms with Gasteiger partial charge in [-0.25, -0.2) is 0 Å². The van der Waals surface area contributed by atoms with E-state index in [1.807, 2.05) is 24.3 Å². The third-order valence-corrected chi connectivity index (χ3v) is 10.8. The number of aliphatic imine (C=N–C) groups is 1. The van der Waals surface area contributed by atoms with Gasteiger partial charge in [-0.1, -0.05) is 57.5 Å². The second-order valence-electron chi connectivity index (χ2n) is 12.0. The van der Waals surface area contributed by atoms with Gasteiger partial charge in [0.2, 0.25) is 5.91 Å². The number of hydrogen-bond acceptors (Lipinski definition) is 7. The van der Waals surface area contributed by atoms with Crippen LogP contribution in [-0.4, -0.2) is 77.0 Å². The summed E-state index contributed by atoms with van der Waals surface area (Å²) in [5, 5.41) is 6.28. The van der Waals surface area contributed by atoms with Crippen molar-refractivity contribution in [3.8, 4) is 0 Å². The van der Waals surface area contributed by atoms with E-state index in [4.69, 9.17) is 4.74 Å². The number of ether oxygens (including phenoxy) is 1. The first kappa shape index (κ1) is 26.6. The molecule has 39 heavy (non-hydrogen) atoms. The van der Waals surface area contributed by atoms with Crippen LogP contribution in [0.2, 0.25) is 0 Å². The molecule has 4 aliphatic heterocycles. The Bertz CT molecular complexity index is 1230. The minimum Gasteiger partial charge on any atom is -0.367 e. The molecule has 3 fully saturated rings. The zero-order chi connectivity index (χ0) is 27.4. The molecule has 208 valence electrons. The molecule has 1 saturated carbocycles. The predicted octanol–water partition coefficient (Wildman–Crippen LogP) is 4.07. The Labute approximate surface area is 234 Å². The molecule has 8 nitrogen and oxygen atoms in total. The number of amides is 2. The number of thioether (sulfide) groups is 1. The minimum absolute atomic E-state index is 0.0278. The van der Waals surface area contributed by atoms with Crippen LogP contribution in [0.15, 0.2) is 34.7 Å². The summed E-state index contributed by atoms with van der Waals surface area (Å²) < 4.78 is 5.98. The lowest BCUT2D eigenvalue weighted by molar-refractivity contribution is -0.141. The van der Waals surface area contributed by atoms with Crippen LogP contribution in [0.4, 0.5) is 0 Å². The predicted molar refractivity (Wildman–Crippen MR) is 152 cm³/mol. The number of amidine groups is 1. The van der Waals surface area contributed by atoms with Crippen LogP contribution in [-0.2, 0) is 14.3 Å². The molecule has 1 aliphatic carbocycles. The van der Waals surface area contributed by atoms with E-state index in [1.54, 1.807) is 16.7 Å². The normalized spacial score (nSPS) is 27.3. The fourth-order valence-corrected chi connectivity index (χ4v) is 8.27. The van der Waals surface area contributed by atoms with Crippen molar-refractivity contribution in [2.75, 3.05) is 26.2 Å². The van der Waals surface area contributed by atoms with E-state index in [1.165, 1.54) is 0 Å². The monoisotopic (exact) mass is 550 g/mol. The number of hydrogen-bond donors (Lipinski definition) is 1. The lowest BCUT2D eigenvalue weighted by Crippen LogP contribution is -2.57. The quantitative estimate of drug-likeness (QED) is 0.551. The Balaban J connectivity index is 1.24. The van der Waals surface area contributed by atoms with Crippen molar-refractivity contribution in [2.24, 2.45) is 15.8 Å². The lowest BCUT2D eigenvalue weighted by Gasteiger charge is -2.37. The summed E-state index contributed by atoms with van der Waals surface area (Å²) in [5.74, 6) is -0.427. The Hall–Kier alpha value is -2.65. The topological polar surface area (TPSA) is 91.3 Å². The van der Waals surface area contributed by atoms with E-state index >= 15 is 0 Å². The van der Waals surface area contributed by atoms with Gasteiger partial charge in [0, 0.05) is 29.5 Å². The highest BCUT2D eigenvalue weighted by Gasteiger charge is 2.60. The van der Waals surface area contributed by atoms with Crippen LogP contribution in [0, 0.1) is 10.8 Å². The van der Waals surface area contributed by atoms with Gasteiger partial charge in [0.25, 0.3) is 5.91 Å². The van der Waals surface area contributed by atoms with Crippen molar-refractivity contribution in [1.82, 2.24) is 15.1 Å². The van der Waals surface area contributed by atoms with Crippen molar-refractivity contribution in [1.29, 1.82) is 0 Å². The molecule has 1 aromatic carbocycles. The van der Waals surface area contributed by atoms with E-state index in [0.29, 0.717) is 12.1 Å². The summed E-state index contributed by atoms with van der Waals surface area (Å²) in [6.07, 6.45) is 5.20. The van der Waals surface area contributed by atoms with Crippen molar-refractivity contribution in [2.45, 2.75) is 77.5 Å². The van der Waals surface area contributed by atoms with Crippen molar-refractivity contribution < 1.29 is 19.1 Å². The summed E-state index contributed by atoms with van der Waals surface area (Å²) in [7, 11) is 0. The van der Waals surface area contributed by atoms with Gasteiger partial charge >= 0.3 is 0 Å². The van der Waals surface area contributed by atoms with Gasteiger partial charge in [0.15, 0.2) is 11.0 Å². The molecule has 6 rings (SSSR count). The zero-order valence-corrected chi connectivity index (χ0v) is 23.9. The smallest absolute Gasteiger partial charge is 0.251 e. The first-order valence-corrected chi connectivity index (χ1v) is 15.2. The molecule has 0 unspecified atom stereocenters. The molecule has 0 aromatic heterocycles. The van der Waals surface area contributed by atoms with E-state index in [9.17, 15) is 14.4 Å². The van der Waals surface area contributed by atoms with Crippen LogP contribution < -0.4 is 5.32 Å². The van der Waals surface area contributed by atoms with E-state index < -0.39 is 12.1 Å². The van der Waals surface area contributed by atoms with Crippen LogP contribution >= 0.6 is 11.8 Å². The number of benzene rings is 1. The number of carbonyl (C=O) groups is 3. The molecule has 4 heterocycles. The van der Waals surface area contributed by atoms with Crippen LogP contribution in [0.5, 0.6) is 0 Å². The first-order valence-electron chi connectivity index (χ1n) is 14.4. The number of carbonyl (C=O) groups excluding carboxylic acids is 3. The zero-order valence-electron chi connectivity index (χ0n) is 23.1. The summed E-state index contributed by atoms with van der Waals surface area (Å²) in [4.78, 5) is 49.3. The largest absolute Gasteiger partial charge is 0.367 e. The number of ketones is 1. The van der Waals surface area contributed by atoms with Crippen LogP contribution in [0.3, 0.4) is 0 Å². The molecular weight excluding hydrogens is 512 g/mol. The Morgan fingerprint density at radius 3 is 2.59 bits per heavy atom. The fourth-order valence-electron chi connectivity index (χ4n) is 7.31. The second-order valence-corrected chi connectivity index (χ2v) is 12.8. The number of nitrogens with zero attached hydrogens (tertiary/aromatic N) is 3. The Morgan fingerprint density at radius 2 is 1.90 bits per heavy atom. The lowest BCUT2D eigenvalue weighted by atomic mass is 9.78. The van der Waals surface area contributed by atoms with Crippen LogP contribution in [0.1, 0.15) is 75.2 Å². The second kappa shape index (κ2) is 10.1. The number of fused-ring (bicyclic) bond motifs is 2. The Kier molecular flexibility index (Phi) is 6.86. The minimum atomic E-state index is -0.692. The molecular formula is C30H38N4O4S. The van der Waals surface area contributed by atoms with Crippen molar-refractivity contribution >= 4 is 40.2 Å². The third kappa shape index (κ3) is 4.32. The van der Waals surface area contributed by atoms with Gasteiger partial charge < -0.3 is 19.9 Å². The molecule has 1 aromatic rings. The molecule has 2 saturated heterocycles. The maximum atomic E-state index is 14.3. The van der Waals surface area contributed by atoms with Crippen molar-refractivity contribution in [3.63, 3.8) is 0 Å². The molecule has 0 bridgehead atoms. The van der Waals surface area contributed by atoms with E-state index in [2.05, 4.69) is 41.4 Å². The standard InChI is InChI=1S/C30H38N4O4S/c1-4-30(5-2)18-34(23-22(35)16-38-25(23)30)27(37)24(29(3)12-6-7-13-29)32-26(36)20-10-8-19(9-11-20)21-17-39-28-31-14-15-33(21)28/h8-11,17,23-25H,4-7,12-16,18H2,1-3H3,(H,32,36)/t23-,24-,25-/m1/s1. The number of rotatable bonds is 7. The highest BCUT2D eigenvalue weighted by molar-refractivity contribution is 8.16. The average Bonchev–Trinajstić information content (AvgIpc) is 3.76. The fraction of sp³-hybridized carbons (Fsp3) is 0.600. The van der Waals surface area contributed by atoms with Gasteiger partial charge in [0.1, 0.15) is 18.7 Å². The highest BCUT2D eigenvalue weighted by atomic mass is 32.2. The van der Waals surface area contributed by atoms with E-state index in [-0.39, 0.29) is 41.1 Å². The van der Waals surface area contributed by atoms with Gasteiger partial charge in [0.05, 0.1) is 18.3 Å². The van der Waals surface area contributed by atoms with E-state index in [0.717, 1.165) is 68.0 Å².